The van der Waals surface area contributed by atoms with Crippen molar-refractivity contribution in [3.05, 3.63) is 16.1 Å². The second-order valence-corrected chi connectivity index (χ2v) is 5.30. The van der Waals surface area contributed by atoms with Crippen molar-refractivity contribution in [3.8, 4) is 0 Å². The molecule has 0 saturated heterocycles. The fourth-order valence-corrected chi connectivity index (χ4v) is 2.48. The largest absolute Gasteiger partial charge is 0.382 e. The lowest BCUT2D eigenvalue weighted by Crippen LogP contribution is -2.37. The summed E-state index contributed by atoms with van der Waals surface area (Å²) in [6.45, 7) is 8.42. The molecule has 0 saturated carbocycles. The summed E-state index contributed by atoms with van der Waals surface area (Å²) >= 11 is 6.88. The van der Waals surface area contributed by atoms with Crippen molar-refractivity contribution >= 4 is 28.7 Å². The number of hydrogen-bond donors (Lipinski definition) is 2. The molecule has 1 unspecified atom stereocenters. The summed E-state index contributed by atoms with van der Waals surface area (Å²) in [5.41, 5.74) is 1.05. The third-order valence-corrected chi connectivity index (χ3v) is 3.72. The first kappa shape index (κ1) is 15.3. The van der Waals surface area contributed by atoms with Gasteiger partial charge in [-0.1, -0.05) is 0 Å². The van der Waals surface area contributed by atoms with Gasteiger partial charge in [-0.2, -0.15) is 0 Å². The predicted molar refractivity (Wildman–Crippen MR) is 80.1 cm³/mol. The number of aromatic nitrogens is 1. The van der Waals surface area contributed by atoms with Crippen LogP contribution >= 0.6 is 23.6 Å². The van der Waals surface area contributed by atoms with Crippen molar-refractivity contribution in [3.63, 3.8) is 0 Å². The van der Waals surface area contributed by atoms with Gasteiger partial charge in [-0.3, -0.25) is 0 Å². The Bertz CT molecular complexity index is 368. The van der Waals surface area contributed by atoms with E-state index >= 15 is 0 Å². The molecule has 1 aromatic heterocycles. The molecule has 1 aromatic rings. The zero-order valence-electron chi connectivity index (χ0n) is 11.2. The van der Waals surface area contributed by atoms with Crippen molar-refractivity contribution in [2.24, 2.45) is 0 Å². The molecule has 0 amide bonds. The molecule has 1 atom stereocenters. The molecule has 0 aliphatic heterocycles. The van der Waals surface area contributed by atoms with E-state index in [-0.39, 0.29) is 6.04 Å². The number of ether oxygens (including phenoxy) is 1. The summed E-state index contributed by atoms with van der Waals surface area (Å²) < 4.78 is 5.26. The summed E-state index contributed by atoms with van der Waals surface area (Å²) in [4.78, 5) is 4.43. The SMILES string of the molecule is CCOCCCNC(=S)NC(C)c1nc(C)cs1. The lowest BCUT2D eigenvalue weighted by Gasteiger charge is -2.15. The molecule has 0 spiro atoms. The Kier molecular flexibility index (Phi) is 7.15. The fraction of sp³-hybridized carbons (Fsp3) is 0.667. The normalized spacial score (nSPS) is 12.2. The Morgan fingerprint density at radius 1 is 1.61 bits per heavy atom. The molecule has 1 rings (SSSR count). The molecule has 2 N–H and O–H groups in total. The maximum atomic E-state index is 5.26. The third-order valence-electron chi connectivity index (χ3n) is 2.31. The van der Waals surface area contributed by atoms with Crippen LogP contribution in [0.4, 0.5) is 0 Å². The van der Waals surface area contributed by atoms with E-state index in [0.717, 1.165) is 36.9 Å². The van der Waals surface area contributed by atoms with E-state index in [1.807, 2.05) is 19.2 Å². The molecule has 0 aliphatic carbocycles. The molecule has 0 radical (unpaired) electrons. The average Bonchev–Trinajstić information content (AvgIpc) is 2.75. The number of nitrogens with one attached hydrogen (secondary N) is 2. The van der Waals surface area contributed by atoms with Gasteiger partial charge in [0.15, 0.2) is 5.11 Å². The van der Waals surface area contributed by atoms with E-state index in [0.29, 0.717) is 5.11 Å². The number of aryl methyl sites for hydroxylation is 1. The van der Waals surface area contributed by atoms with Gasteiger partial charge in [-0.15, -0.1) is 11.3 Å². The van der Waals surface area contributed by atoms with Crippen LogP contribution in [0.1, 0.15) is 37.0 Å². The lowest BCUT2D eigenvalue weighted by atomic mass is 10.3. The van der Waals surface area contributed by atoms with Gasteiger partial charge in [-0.05, 0) is 39.4 Å². The second kappa shape index (κ2) is 8.39. The third kappa shape index (κ3) is 5.75. The van der Waals surface area contributed by atoms with Gasteiger partial charge in [0.1, 0.15) is 5.01 Å². The molecule has 4 nitrogen and oxygen atoms in total. The molecule has 1 heterocycles. The standard InChI is InChI=1S/C12H21N3OS2/c1-4-16-7-5-6-13-12(17)15-10(3)11-14-9(2)8-18-11/h8,10H,4-7H2,1-3H3,(H2,13,15,17). The van der Waals surface area contributed by atoms with Crippen molar-refractivity contribution < 1.29 is 4.74 Å². The van der Waals surface area contributed by atoms with Crippen molar-refractivity contribution in [2.75, 3.05) is 19.8 Å². The van der Waals surface area contributed by atoms with Crippen molar-refractivity contribution in [1.82, 2.24) is 15.6 Å². The molecule has 0 aliphatic rings. The highest BCUT2D eigenvalue weighted by atomic mass is 32.1. The smallest absolute Gasteiger partial charge is 0.166 e. The minimum absolute atomic E-state index is 0.149. The van der Waals surface area contributed by atoms with E-state index < -0.39 is 0 Å². The Labute approximate surface area is 118 Å². The van der Waals surface area contributed by atoms with Gasteiger partial charge in [-0.25, -0.2) is 4.98 Å². The van der Waals surface area contributed by atoms with Crippen molar-refractivity contribution in [2.45, 2.75) is 33.2 Å². The van der Waals surface area contributed by atoms with Crippen LogP contribution in [0, 0.1) is 6.92 Å². The van der Waals surface area contributed by atoms with Crippen LogP contribution in [0.3, 0.4) is 0 Å². The van der Waals surface area contributed by atoms with Crippen LogP contribution in [-0.4, -0.2) is 29.9 Å². The zero-order valence-corrected chi connectivity index (χ0v) is 12.8. The van der Waals surface area contributed by atoms with Crippen LogP contribution < -0.4 is 10.6 Å². The number of thiazole rings is 1. The minimum atomic E-state index is 0.149. The number of hydrogen-bond acceptors (Lipinski definition) is 4. The Balaban J connectivity index is 2.19. The highest BCUT2D eigenvalue weighted by Crippen LogP contribution is 2.16. The maximum absolute atomic E-state index is 5.26. The van der Waals surface area contributed by atoms with Crippen molar-refractivity contribution in [1.29, 1.82) is 0 Å². The summed E-state index contributed by atoms with van der Waals surface area (Å²) in [6, 6.07) is 0.149. The molecule has 0 fully saturated rings. The fourth-order valence-electron chi connectivity index (χ4n) is 1.40. The summed E-state index contributed by atoms with van der Waals surface area (Å²) in [7, 11) is 0. The molecule has 0 bridgehead atoms. The summed E-state index contributed by atoms with van der Waals surface area (Å²) in [5, 5.41) is 10.2. The summed E-state index contributed by atoms with van der Waals surface area (Å²) in [5.74, 6) is 0. The second-order valence-electron chi connectivity index (χ2n) is 4.00. The molecule has 18 heavy (non-hydrogen) atoms. The maximum Gasteiger partial charge on any atom is 0.166 e. The van der Waals surface area contributed by atoms with Gasteiger partial charge >= 0.3 is 0 Å². The topological polar surface area (TPSA) is 46.2 Å². The van der Waals surface area contributed by atoms with E-state index in [9.17, 15) is 0 Å². The van der Waals surface area contributed by atoms with E-state index in [1.54, 1.807) is 11.3 Å². The van der Waals surface area contributed by atoms with E-state index in [2.05, 4.69) is 22.5 Å². The van der Waals surface area contributed by atoms with Crippen LogP contribution in [-0.2, 0) is 4.74 Å². The Hall–Kier alpha value is -0.720. The molecule has 6 heteroatoms. The lowest BCUT2D eigenvalue weighted by molar-refractivity contribution is 0.145. The quantitative estimate of drug-likeness (QED) is 0.596. The van der Waals surface area contributed by atoms with Gasteiger partial charge < -0.3 is 15.4 Å². The monoisotopic (exact) mass is 287 g/mol. The highest BCUT2D eigenvalue weighted by molar-refractivity contribution is 7.80. The first-order chi connectivity index (χ1) is 8.63. The van der Waals surface area contributed by atoms with Gasteiger partial charge in [0, 0.05) is 30.8 Å². The van der Waals surface area contributed by atoms with Gasteiger partial charge in [0.2, 0.25) is 0 Å². The molecule has 0 aromatic carbocycles. The number of rotatable bonds is 7. The number of nitrogens with zero attached hydrogens (tertiary/aromatic N) is 1. The number of thiocarbonyl (C=S) groups is 1. The first-order valence-electron chi connectivity index (χ1n) is 6.17. The van der Waals surface area contributed by atoms with Crippen LogP contribution in [0.25, 0.3) is 0 Å². The van der Waals surface area contributed by atoms with E-state index in [4.69, 9.17) is 17.0 Å². The molecular formula is C12H21N3OS2. The Morgan fingerprint density at radius 2 is 2.39 bits per heavy atom. The highest BCUT2D eigenvalue weighted by Gasteiger charge is 2.09. The van der Waals surface area contributed by atoms with E-state index in [1.165, 1.54) is 0 Å². The summed E-state index contributed by atoms with van der Waals surface area (Å²) in [6.07, 6.45) is 0.959. The van der Waals surface area contributed by atoms with Crippen LogP contribution in [0.15, 0.2) is 5.38 Å². The molecular weight excluding hydrogens is 266 g/mol. The van der Waals surface area contributed by atoms with Crippen LogP contribution in [0.5, 0.6) is 0 Å². The molecule has 102 valence electrons. The van der Waals surface area contributed by atoms with Gasteiger partial charge in [0.05, 0.1) is 6.04 Å². The van der Waals surface area contributed by atoms with Crippen LogP contribution in [0.2, 0.25) is 0 Å². The first-order valence-corrected chi connectivity index (χ1v) is 7.46. The minimum Gasteiger partial charge on any atom is -0.382 e. The van der Waals surface area contributed by atoms with Gasteiger partial charge in [0.25, 0.3) is 0 Å². The average molecular weight is 287 g/mol. The Morgan fingerprint density at radius 3 is 3.00 bits per heavy atom. The zero-order chi connectivity index (χ0) is 13.4. The predicted octanol–water partition coefficient (Wildman–Crippen LogP) is 2.40.